The summed E-state index contributed by atoms with van der Waals surface area (Å²) in [6, 6.07) is 9.84. The third-order valence-corrected chi connectivity index (χ3v) is 2.86. The predicted octanol–water partition coefficient (Wildman–Crippen LogP) is 3.47. The second-order valence-electron chi connectivity index (χ2n) is 5.58. The molecule has 1 rings (SSSR count). The summed E-state index contributed by atoms with van der Waals surface area (Å²) in [5.41, 5.74) is 2.11. The first kappa shape index (κ1) is 14.2. The Kier molecular flexibility index (Phi) is 4.49. The fourth-order valence-electron chi connectivity index (χ4n) is 1.55. The van der Waals surface area contributed by atoms with Crippen LogP contribution in [0.2, 0.25) is 0 Å². The van der Waals surface area contributed by atoms with E-state index < -0.39 is 0 Å². The Bertz CT molecular complexity index is 449. The Balaban J connectivity index is 2.70. The van der Waals surface area contributed by atoms with Crippen LogP contribution >= 0.6 is 0 Å². The number of nitrogens with one attached hydrogen (secondary N) is 1. The Morgan fingerprint density at radius 3 is 2.33 bits per heavy atom. The molecule has 0 radical (unpaired) electrons. The van der Waals surface area contributed by atoms with Gasteiger partial charge in [-0.15, -0.1) is 0 Å². The molecule has 1 unspecified atom stereocenters. The lowest BCUT2D eigenvalue weighted by Crippen LogP contribution is -2.20. The van der Waals surface area contributed by atoms with Gasteiger partial charge in [-0.2, -0.15) is 5.26 Å². The van der Waals surface area contributed by atoms with Gasteiger partial charge < -0.3 is 5.32 Å². The van der Waals surface area contributed by atoms with Crippen molar-refractivity contribution in [3.05, 3.63) is 29.8 Å². The van der Waals surface area contributed by atoms with E-state index in [0.717, 1.165) is 5.69 Å². The molecule has 0 aliphatic rings. The van der Waals surface area contributed by atoms with Crippen LogP contribution < -0.4 is 5.32 Å². The van der Waals surface area contributed by atoms with Crippen LogP contribution in [-0.4, -0.2) is 5.91 Å². The Labute approximate surface area is 109 Å². The van der Waals surface area contributed by atoms with Crippen molar-refractivity contribution < 1.29 is 4.79 Å². The van der Waals surface area contributed by atoms with Gasteiger partial charge in [0.2, 0.25) is 5.91 Å². The van der Waals surface area contributed by atoms with Crippen molar-refractivity contribution in [1.82, 2.24) is 0 Å². The van der Waals surface area contributed by atoms with Crippen LogP contribution in [0, 0.1) is 17.2 Å². The molecule has 1 aromatic carbocycles. The summed E-state index contributed by atoms with van der Waals surface area (Å²) in [6.07, 6.45) is 0.242. The Morgan fingerprint density at radius 1 is 1.33 bits per heavy atom. The molecule has 0 aliphatic heterocycles. The van der Waals surface area contributed by atoms with Crippen molar-refractivity contribution in [2.45, 2.75) is 39.5 Å². The summed E-state index contributed by atoms with van der Waals surface area (Å²) in [7, 11) is 0. The van der Waals surface area contributed by atoms with Crippen molar-refractivity contribution in [2.75, 3.05) is 5.32 Å². The van der Waals surface area contributed by atoms with Gasteiger partial charge in [-0.25, -0.2) is 0 Å². The molecule has 0 aromatic heterocycles. The Morgan fingerprint density at radius 2 is 1.89 bits per heavy atom. The predicted molar refractivity (Wildman–Crippen MR) is 73.2 cm³/mol. The minimum absolute atomic E-state index is 0.108. The standard InChI is InChI=1S/C15H20N2O/c1-11(9-10-16)14(18)17-13-7-5-12(6-8-13)15(2,3)4/h5-8,11H,9H2,1-4H3,(H,17,18). The van der Waals surface area contributed by atoms with Crippen LogP contribution in [0.15, 0.2) is 24.3 Å². The number of carbonyl (C=O) groups is 1. The molecular formula is C15H20N2O. The molecule has 1 N–H and O–H groups in total. The second kappa shape index (κ2) is 5.68. The summed E-state index contributed by atoms with van der Waals surface area (Å²) in [5, 5.41) is 11.4. The van der Waals surface area contributed by atoms with Crippen LogP contribution in [-0.2, 0) is 10.2 Å². The largest absolute Gasteiger partial charge is 0.326 e. The molecule has 18 heavy (non-hydrogen) atoms. The number of carbonyl (C=O) groups excluding carboxylic acids is 1. The van der Waals surface area contributed by atoms with Gasteiger partial charge in [0.05, 0.1) is 6.07 Å². The van der Waals surface area contributed by atoms with E-state index in [1.54, 1.807) is 6.92 Å². The lowest BCUT2D eigenvalue weighted by Gasteiger charge is -2.19. The first-order chi connectivity index (χ1) is 8.34. The summed E-state index contributed by atoms with van der Waals surface area (Å²) in [5.74, 6) is -0.391. The lowest BCUT2D eigenvalue weighted by molar-refractivity contribution is -0.119. The highest BCUT2D eigenvalue weighted by molar-refractivity contribution is 5.92. The van der Waals surface area contributed by atoms with E-state index in [1.807, 2.05) is 30.3 Å². The highest BCUT2D eigenvalue weighted by Gasteiger charge is 2.15. The molecule has 0 bridgehead atoms. The number of hydrogen-bond acceptors (Lipinski definition) is 2. The van der Waals surface area contributed by atoms with Gasteiger partial charge in [0.1, 0.15) is 0 Å². The average Bonchev–Trinajstić information content (AvgIpc) is 2.28. The van der Waals surface area contributed by atoms with E-state index in [2.05, 4.69) is 26.1 Å². The van der Waals surface area contributed by atoms with E-state index in [0.29, 0.717) is 0 Å². The third kappa shape index (κ3) is 3.89. The van der Waals surface area contributed by atoms with E-state index in [1.165, 1.54) is 5.56 Å². The van der Waals surface area contributed by atoms with Gasteiger partial charge in [0.25, 0.3) is 0 Å². The number of hydrogen-bond donors (Lipinski definition) is 1. The molecule has 3 nitrogen and oxygen atoms in total. The van der Waals surface area contributed by atoms with Crippen molar-refractivity contribution in [3.8, 4) is 6.07 Å². The molecule has 0 spiro atoms. The van der Waals surface area contributed by atoms with Gasteiger partial charge in [0.15, 0.2) is 0 Å². The van der Waals surface area contributed by atoms with Crippen LogP contribution in [0.4, 0.5) is 5.69 Å². The maximum atomic E-state index is 11.7. The van der Waals surface area contributed by atoms with Crippen LogP contribution in [0.3, 0.4) is 0 Å². The molecular weight excluding hydrogens is 224 g/mol. The van der Waals surface area contributed by atoms with Gasteiger partial charge in [-0.1, -0.05) is 39.8 Å². The minimum Gasteiger partial charge on any atom is -0.326 e. The number of amides is 1. The van der Waals surface area contributed by atoms with Gasteiger partial charge in [-0.3, -0.25) is 4.79 Å². The first-order valence-corrected chi connectivity index (χ1v) is 6.13. The molecule has 1 atom stereocenters. The number of benzene rings is 1. The number of anilines is 1. The summed E-state index contributed by atoms with van der Waals surface area (Å²) < 4.78 is 0. The van der Waals surface area contributed by atoms with Crippen LogP contribution in [0.5, 0.6) is 0 Å². The van der Waals surface area contributed by atoms with Gasteiger partial charge in [-0.05, 0) is 23.1 Å². The van der Waals surface area contributed by atoms with Crippen LogP contribution in [0.25, 0.3) is 0 Å². The minimum atomic E-state index is -0.280. The van der Waals surface area contributed by atoms with E-state index in [4.69, 9.17) is 5.26 Å². The maximum Gasteiger partial charge on any atom is 0.228 e. The SMILES string of the molecule is CC(CC#N)C(=O)Nc1ccc(C(C)(C)C)cc1. The lowest BCUT2D eigenvalue weighted by atomic mass is 9.87. The van der Waals surface area contributed by atoms with Crippen molar-refractivity contribution in [1.29, 1.82) is 5.26 Å². The Hall–Kier alpha value is -1.82. The van der Waals surface area contributed by atoms with Crippen molar-refractivity contribution >= 4 is 11.6 Å². The normalized spacial score (nSPS) is 12.6. The van der Waals surface area contributed by atoms with Gasteiger partial charge in [0, 0.05) is 18.0 Å². The van der Waals surface area contributed by atoms with E-state index >= 15 is 0 Å². The van der Waals surface area contributed by atoms with Crippen molar-refractivity contribution in [2.24, 2.45) is 5.92 Å². The van der Waals surface area contributed by atoms with Crippen molar-refractivity contribution in [3.63, 3.8) is 0 Å². The topological polar surface area (TPSA) is 52.9 Å². The monoisotopic (exact) mass is 244 g/mol. The van der Waals surface area contributed by atoms with Crippen LogP contribution in [0.1, 0.15) is 39.7 Å². The second-order valence-corrected chi connectivity index (χ2v) is 5.58. The summed E-state index contributed by atoms with van der Waals surface area (Å²) in [4.78, 5) is 11.7. The smallest absolute Gasteiger partial charge is 0.228 e. The first-order valence-electron chi connectivity index (χ1n) is 6.13. The molecule has 0 saturated carbocycles. The fraction of sp³-hybridized carbons (Fsp3) is 0.467. The highest BCUT2D eigenvalue weighted by Crippen LogP contribution is 2.23. The molecule has 0 aliphatic carbocycles. The fourth-order valence-corrected chi connectivity index (χ4v) is 1.55. The number of nitriles is 1. The molecule has 96 valence electrons. The average molecular weight is 244 g/mol. The summed E-state index contributed by atoms with van der Waals surface area (Å²) in [6.45, 7) is 8.20. The zero-order chi connectivity index (χ0) is 13.8. The third-order valence-electron chi connectivity index (χ3n) is 2.86. The zero-order valence-electron chi connectivity index (χ0n) is 11.4. The van der Waals surface area contributed by atoms with Gasteiger partial charge >= 0.3 is 0 Å². The molecule has 0 heterocycles. The molecule has 0 fully saturated rings. The number of rotatable bonds is 3. The molecule has 1 aromatic rings. The molecule has 1 amide bonds. The highest BCUT2D eigenvalue weighted by atomic mass is 16.1. The molecule has 0 saturated heterocycles. The quantitative estimate of drug-likeness (QED) is 0.885. The maximum absolute atomic E-state index is 11.7. The van der Waals surface area contributed by atoms with E-state index in [9.17, 15) is 4.79 Å². The van der Waals surface area contributed by atoms with E-state index in [-0.39, 0.29) is 23.7 Å². The zero-order valence-corrected chi connectivity index (χ0v) is 11.4. The molecule has 3 heteroatoms. The summed E-state index contributed by atoms with van der Waals surface area (Å²) >= 11 is 0. The number of nitrogens with zero attached hydrogens (tertiary/aromatic N) is 1.